The first kappa shape index (κ1) is 17.4. The standard InChI is InChI=1S/C16H33N3O/c1-6-12-19(14-8-10-17-11-9-14)13(3)15(20)18-16(4,5)7-2/h13-14,17H,6-12H2,1-5H3,(H,18,20). The van der Waals surface area contributed by atoms with E-state index >= 15 is 0 Å². The summed E-state index contributed by atoms with van der Waals surface area (Å²) in [6.07, 6.45) is 4.34. The minimum absolute atomic E-state index is 0.0381. The van der Waals surface area contributed by atoms with Gasteiger partial charge in [-0.3, -0.25) is 9.69 Å². The van der Waals surface area contributed by atoms with E-state index in [0.29, 0.717) is 6.04 Å². The number of piperidine rings is 1. The highest BCUT2D eigenvalue weighted by molar-refractivity contribution is 5.82. The molecule has 1 amide bonds. The summed E-state index contributed by atoms with van der Waals surface area (Å²) in [5.74, 6) is 0.170. The Morgan fingerprint density at radius 1 is 1.35 bits per heavy atom. The Balaban J connectivity index is 2.67. The van der Waals surface area contributed by atoms with E-state index in [1.54, 1.807) is 0 Å². The van der Waals surface area contributed by atoms with E-state index in [0.717, 1.165) is 45.3 Å². The monoisotopic (exact) mass is 283 g/mol. The fourth-order valence-corrected chi connectivity index (χ4v) is 2.77. The maximum Gasteiger partial charge on any atom is 0.237 e. The van der Waals surface area contributed by atoms with Gasteiger partial charge in [-0.25, -0.2) is 0 Å². The quantitative estimate of drug-likeness (QED) is 0.752. The predicted octanol–water partition coefficient (Wildman–Crippen LogP) is 2.14. The van der Waals surface area contributed by atoms with Gasteiger partial charge in [0, 0.05) is 11.6 Å². The fourth-order valence-electron chi connectivity index (χ4n) is 2.77. The Bertz CT molecular complexity index is 298. The number of carbonyl (C=O) groups excluding carboxylic acids is 1. The van der Waals surface area contributed by atoms with Gasteiger partial charge in [-0.2, -0.15) is 0 Å². The van der Waals surface area contributed by atoms with Crippen LogP contribution in [0.5, 0.6) is 0 Å². The molecule has 1 atom stereocenters. The molecule has 1 fully saturated rings. The Morgan fingerprint density at radius 2 is 1.95 bits per heavy atom. The lowest BCUT2D eigenvalue weighted by Crippen LogP contribution is -2.56. The summed E-state index contributed by atoms with van der Waals surface area (Å²) in [7, 11) is 0. The number of hydrogen-bond acceptors (Lipinski definition) is 3. The van der Waals surface area contributed by atoms with Gasteiger partial charge < -0.3 is 10.6 Å². The smallest absolute Gasteiger partial charge is 0.237 e. The van der Waals surface area contributed by atoms with Gasteiger partial charge in [0.2, 0.25) is 5.91 Å². The van der Waals surface area contributed by atoms with Crippen molar-refractivity contribution in [3.8, 4) is 0 Å². The van der Waals surface area contributed by atoms with E-state index < -0.39 is 0 Å². The molecule has 4 heteroatoms. The van der Waals surface area contributed by atoms with Crippen molar-refractivity contribution in [1.82, 2.24) is 15.5 Å². The molecule has 0 radical (unpaired) electrons. The lowest BCUT2D eigenvalue weighted by Gasteiger charge is -2.39. The second-order valence-electron chi connectivity index (χ2n) is 6.62. The van der Waals surface area contributed by atoms with Crippen LogP contribution in [0.3, 0.4) is 0 Å². The largest absolute Gasteiger partial charge is 0.350 e. The van der Waals surface area contributed by atoms with Crippen molar-refractivity contribution in [3.63, 3.8) is 0 Å². The Morgan fingerprint density at radius 3 is 2.45 bits per heavy atom. The van der Waals surface area contributed by atoms with Gasteiger partial charge in [-0.1, -0.05) is 13.8 Å². The van der Waals surface area contributed by atoms with Crippen LogP contribution in [0, 0.1) is 0 Å². The van der Waals surface area contributed by atoms with Gasteiger partial charge >= 0.3 is 0 Å². The maximum atomic E-state index is 12.5. The zero-order valence-corrected chi connectivity index (χ0v) is 14.0. The van der Waals surface area contributed by atoms with E-state index in [4.69, 9.17) is 0 Å². The molecule has 0 aliphatic carbocycles. The van der Waals surface area contributed by atoms with Crippen molar-refractivity contribution in [2.24, 2.45) is 0 Å². The molecule has 0 spiro atoms. The number of hydrogen-bond donors (Lipinski definition) is 2. The average molecular weight is 283 g/mol. The van der Waals surface area contributed by atoms with Gasteiger partial charge in [-0.05, 0) is 66.1 Å². The minimum atomic E-state index is -0.114. The molecule has 1 aliphatic heterocycles. The molecule has 1 unspecified atom stereocenters. The van der Waals surface area contributed by atoms with E-state index in [9.17, 15) is 4.79 Å². The molecule has 0 aromatic heterocycles. The zero-order chi connectivity index (χ0) is 15.2. The molecule has 118 valence electrons. The summed E-state index contributed by atoms with van der Waals surface area (Å²) < 4.78 is 0. The number of amides is 1. The first-order valence-electron chi connectivity index (χ1n) is 8.19. The highest BCUT2D eigenvalue weighted by Gasteiger charge is 2.30. The average Bonchev–Trinajstić information content (AvgIpc) is 2.44. The number of nitrogens with one attached hydrogen (secondary N) is 2. The lowest BCUT2D eigenvalue weighted by atomic mass is 9.99. The maximum absolute atomic E-state index is 12.5. The molecule has 0 aromatic carbocycles. The van der Waals surface area contributed by atoms with Crippen LogP contribution in [-0.2, 0) is 4.79 Å². The molecule has 0 aromatic rings. The fraction of sp³-hybridized carbons (Fsp3) is 0.938. The van der Waals surface area contributed by atoms with Gasteiger partial charge in [0.25, 0.3) is 0 Å². The molecule has 0 bridgehead atoms. The minimum Gasteiger partial charge on any atom is -0.350 e. The zero-order valence-electron chi connectivity index (χ0n) is 14.0. The molecule has 2 N–H and O–H groups in total. The number of rotatable bonds is 7. The van der Waals surface area contributed by atoms with Crippen LogP contribution >= 0.6 is 0 Å². The summed E-state index contributed by atoms with van der Waals surface area (Å²) >= 11 is 0. The number of nitrogens with zero attached hydrogens (tertiary/aromatic N) is 1. The summed E-state index contributed by atoms with van der Waals surface area (Å²) in [6, 6.07) is 0.505. The van der Waals surface area contributed by atoms with Gasteiger partial charge in [0.15, 0.2) is 0 Å². The SMILES string of the molecule is CCCN(C1CCNCC1)C(C)C(=O)NC(C)(C)CC. The van der Waals surface area contributed by atoms with Crippen LogP contribution in [0.1, 0.15) is 60.3 Å². The second kappa shape index (κ2) is 7.99. The molecule has 20 heavy (non-hydrogen) atoms. The van der Waals surface area contributed by atoms with Crippen molar-refractivity contribution in [2.45, 2.75) is 77.9 Å². The molecule has 4 nitrogen and oxygen atoms in total. The van der Waals surface area contributed by atoms with Crippen LogP contribution in [0.15, 0.2) is 0 Å². The second-order valence-corrected chi connectivity index (χ2v) is 6.62. The molecule has 1 aliphatic rings. The summed E-state index contributed by atoms with van der Waals surface area (Å²) in [5, 5.41) is 6.59. The first-order valence-corrected chi connectivity index (χ1v) is 8.19. The third-order valence-electron chi connectivity index (χ3n) is 4.48. The van der Waals surface area contributed by atoms with E-state index in [1.807, 2.05) is 0 Å². The topological polar surface area (TPSA) is 44.4 Å². The Kier molecular flexibility index (Phi) is 6.96. The van der Waals surface area contributed by atoms with Gasteiger partial charge in [-0.15, -0.1) is 0 Å². The molecule has 1 heterocycles. The Hall–Kier alpha value is -0.610. The van der Waals surface area contributed by atoms with E-state index in [1.165, 1.54) is 0 Å². The van der Waals surface area contributed by atoms with Crippen LogP contribution in [0.2, 0.25) is 0 Å². The lowest BCUT2D eigenvalue weighted by molar-refractivity contribution is -0.128. The highest BCUT2D eigenvalue weighted by Crippen LogP contribution is 2.17. The summed E-state index contributed by atoms with van der Waals surface area (Å²) in [5.41, 5.74) is -0.114. The van der Waals surface area contributed by atoms with E-state index in [2.05, 4.69) is 50.2 Å². The molecule has 1 rings (SSSR count). The third-order valence-corrected chi connectivity index (χ3v) is 4.48. The van der Waals surface area contributed by atoms with Crippen molar-refractivity contribution in [1.29, 1.82) is 0 Å². The highest BCUT2D eigenvalue weighted by atomic mass is 16.2. The van der Waals surface area contributed by atoms with Crippen LogP contribution in [-0.4, -0.2) is 48.1 Å². The predicted molar refractivity (Wildman–Crippen MR) is 84.9 cm³/mol. The van der Waals surface area contributed by atoms with E-state index in [-0.39, 0.29) is 17.5 Å². The third kappa shape index (κ3) is 5.06. The van der Waals surface area contributed by atoms with Crippen LogP contribution < -0.4 is 10.6 Å². The Labute approximate surface area is 124 Å². The molecular weight excluding hydrogens is 250 g/mol. The van der Waals surface area contributed by atoms with Gasteiger partial charge in [0.05, 0.1) is 6.04 Å². The van der Waals surface area contributed by atoms with Crippen molar-refractivity contribution in [2.75, 3.05) is 19.6 Å². The molecule has 1 saturated heterocycles. The number of carbonyl (C=O) groups is 1. The van der Waals surface area contributed by atoms with Crippen LogP contribution in [0.4, 0.5) is 0 Å². The van der Waals surface area contributed by atoms with Crippen LogP contribution in [0.25, 0.3) is 0 Å². The first-order chi connectivity index (χ1) is 9.41. The molecular formula is C16H33N3O. The van der Waals surface area contributed by atoms with Gasteiger partial charge in [0.1, 0.15) is 0 Å². The summed E-state index contributed by atoms with van der Waals surface area (Å²) in [6.45, 7) is 13.7. The normalized spacial score (nSPS) is 19.1. The van der Waals surface area contributed by atoms with Crippen molar-refractivity contribution >= 4 is 5.91 Å². The van der Waals surface area contributed by atoms with Crippen molar-refractivity contribution in [3.05, 3.63) is 0 Å². The van der Waals surface area contributed by atoms with Crippen molar-refractivity contribution < 1.29 is 4.79 Å². The molecule has 0 saturated carbocycles. The summed E-state index contributed by atoms with van der Waals surface area (Å²) in [4.78, 5) is 14.9.